The molecule has 2 rings (SSSR count). The van der Waals surface area contributed by atoms with Crippen LogP contribution in [0.5, 0.6) is 0 Å². The first kappa shape index (κ1) is 15.9. The summed E-state index contributed by atoms with van der Waals surface area (Å²) in [6.45, 7) is 4.64. The summed E-state index contributed by atoms with van der Waals surface area (Å²) in [5.41, 5.74) is 0.629. The molecule has 2 aromatic heterocycles. The molecule has 0 saturated heterocycles. The molecule has 1 N–H and O–H groups in total. The molecule has 0 spiro atoms. The van der Waals surface area contributed by atoms with Gasteiger partial charge in [-0.3, -0.25) is 4.68 Å². The Hall–Kier alpha value is -1.44. The molecule has 0 unspecified atom stereocenters. The quantitative estimate of drug-likeness (QED) is 0.821. The molecule has 0 amide bonds. The molecule has 0 aromatic carbocycles. The number of rotatable bonds is 6. The lowest BCUT2D eigenvalue weighted by Crippen LogP contribution is -2.30. The minimum atomic E-state index is -3.57. The van der Waals surface area contributed by atoms with Gasteiger partial charge in [-0.2, -0.15) is 5.10 Å². The van der Waals surface area contributed by atoms with E-state index in [1.54, 1.807) is 17.8 Å². The Morgan fingerprint density at radius 2 is 2.24 bits per heavy atom. The van der Waals surface area contributed by atoms with Gasteiger partial charge < -0.3 is 0 Å². The second-order valence-corrected chi connectivity index (χ2v) is 7.09. The van der Waals surface area contributed by atoms with Crippen molar-refractivity contribution in [2.75, 3.05) is 6.54 Å². The number of sulfonamides is 1. The predicted molar refractivity (Wildman–Crippen MR) is 80.6 cm³/mol. The van der Waals surface area contributed by atoms with Gasteiger partial charge in [-0.15, -0.1) is 0 Å². The number of aryl methyl sites for hydroxylation is 1. The van der Waals surface area contributed by atoms with Crippen molar-refractivity contribution in [1.82, 2.24) is 19.5 Å². The highest BCUT2D eigenvalue weighted by atomic mass is 35.5. The van der Waals surface area contributed by atoms with Gasteiger partial charge in [-0.1, -0.05) is 18.5 Å². The van der Waals surface area contributed by atoms with Crippen LogP contribution >= 0.6 is 11.6 Å². The van der Waals surface area contributed by atoms with Crippen molar-refractivity contribution >= 4 is 21.6 Å². The molecule has 21 heavy (non-hydrogen) atoms. The molecule has 6 nitrogen and oxygen atoms in total. The summed E-state index contributed by atoms with van der Waals surface area (Å²) >= 11 is 5.80. The van der Waals surface area contributed by atoms with Crippen LogP contribution in [0.2, 0.25) is 5.15 Å². The van der Waals surface area contributed by atoms with E-state index in [1.807, 2.05) is 19.2 Å². The van der Waals surface area contributed by atoms with Gasteiger partial charge in [0.15, 0.2) is 0 Å². The van der Waals surface area contributed by atoms with Crippen molar-refractivity contribution in [1.29, 1.82) is 0 Å². The number of hydrogen-bond acceptors (Lipinski definition) is 4. The average Bonchev–Trinajstić information content (AvgIpc) is 2.92. The first-order valence-corrected chi connectivity index (χ1v) is 8.34. The number of nitrogens with zero attached hydrogens (tertiary/aromatic N) is 3. The van der Waals surface area contributed by atoms with Crippen molar-refractivity contribution in [3.05, 3.63) is 41.4 Å². The Balaban J connectivity index is 1.99. The molecule has 0 aliphatic rings. The maximum absolute atomic E-state index is 12.2. The van der Waals surface area contributed by atoms with Crippen molar-refractivity contribution in [2.24, 2.45) is 5.92 Å². The lowest BCUT2D eigenvalue weighted by atomic mass is 10.2. The van der Waals surface area contributed by atoms with Gasteiger partial charge in [0, 0.05) is 31.7 Å². The third-order valence-corrected chi connectivity index (χ3v) is 4.77. The SMILES string of the molecule is Cc1cc(S(=O)(=O)NC[C@H](C)Cn2cccn2)cnc1Cl. The van der Waals surface area contributed by atoms with Gasteiger partial charge in [-0.25, -0.2) is 18.1 Å². The largest absolute Gasteiger partial charge is 0.272 e. The molecule has 2 heterocycles. The van der Waals surface area contributed by atoms with E-state index in [4.69, 9.17) is 11.6 Å². The highest BCUT2D eigenvalue weighted by Crippen LogP contribution is 2.16. The van der Waals surface area contributed by atoms with Crippen molar-refractivity contribution in [3.63, 3.8) is 0 Å². The van der Waals surface area contributed by atoms with Crippen LogP contribution in [0.15, 0.2) is 35.6 Å². The zero-order chi connectivity index (χ0) is 15.5. The highest BCUT2D eigenvalue weighted by molar-refractivity contribution is 7.89. The molecule has 114 valence electrons. The number of nitrogens with one attached hydrogen (secondary N) is 1. The molecule has 0 bridgehead atoms. The molecule has 0 fully saturated rings. The maximum Gasteiger partial charge on any atom is 0.242 e. The normalized spacial score (nSPS) is 13.3. The minimum absolute atomic E-state index is 0.112. The van der Waals surface area contributed by atoms with E-state index in [9.17, 15) is 8.42 Å². The number of pyridine rings is 1. The lowest BCUT2D eigenvalue weighted by Gasteiger charge is -2.13. The van der Waals surface area contributed by atoms with E-state index in [2.05, 4.69) is 14.8 Å². The molecule has 0 aliphatic heterocycles. The maximum atomic E-state index is 12.2. The van der Waals surface area contributed by atoms with Crippen LogP contribution in [-0.2, 0) is 16.6 Å². The summed E-state index contributed by atoms with van der Waals surface area (Å²) in [4.78, 5) is 3.99. The lowest BCUT2D eigenvalue weighted by molar-refractivity contribution is 0.443. The van der Waals surface area contributed by atoms with E-state index >= 15 is 0 Å². The van der Waals surface area contributed by atoms with Crippen LogP contribution < -0.4 is 4.72 Å². The molecule has 1 atom stereocenters. The van der Waals surface area contributed by atoms with Crippen LogP contribution in [0.3, 0.4) is 0 Å². The van der Waals surface area contributed by atoms with Crippen molar-refractivity contribution in [3.8, 4) is 0 Å². The van der Waals surface area contributed by atoms with E-state index < -0.39 is 10.0 Å². The number of aromatic nitrogens is 3. The van der Waals surface area contributed by atoms with Crippen LogP contribution in [0.4, 0.5) is 0 Å². The zero-order valence-electron chi connectivity index (χ0n) is 11.8. The van der Waals surface area contributed by atoms with Gasteiger partial charge in [0.2, 0.25) is 10.0 Å². The highest BCUT2D eigenvalue weighted by Gasteiger charge is 2.17. The predicted octanol–water partition coefficient (Wildman–Crippen LogP) is 1.85. The standard InChI is InChI=1S/C13H17ClN4O2S/c1-10(9-18-5-3-4-16-18)7-17-21(19,20)12-6-11(2)13(14)15-8-12/h3-6,8,10,17H,7,9H2,1-2H3/t10-/m0/s1. The van der Waals surface area contributed by atoms with E-state index in [-0.39, 0.29) is 10.8 Å². The molecule has 0 aliphatic carbocycles. The molecule has 2 aromatic rings. The molecular weight excluding hydrogens is 312 g/mol. The van der Waals surface area contributed by atoms with Crippen LogP contribution in [-0.4, -0.2) is 29.7 Å². The molecule has 0 radical (unpaired) electrons. The zero-order valence-corrected chi connectivity index (χ0v) is 13.4. The van der Waals surface area contributed by atoms with Crippen molar-refractivity contribution < 1.29 is 8.42 Å². The molecule has 0 saturated carbocycles. The van der Waals surface area contributed by atoms with Gasteiger partial charge in [0.1, 0.15) is 10.0 Å². The summed E-state index contributed by atoms with van der Waals surface area (Å²) in [5, 5.41) is 4.40. The first-order chi connectivity index (χ1) is 9.88. The third kappa shape index (κ3) is 4.26. The van der Waals surface area contributed by atoms with Crippen LogP contribution in [0.1, 0.15) is 12.5 Å². The van der Waals surface area contributed by atoms with Gasteiger partial charge >= 0.3 is 0 Å². The summed E-state index contributed by atoms with van der Waals surface area (Å²) in [7, 11) is -3.57. The second kappa shape index (κ2) is 6.55. The third-order valence-electron chi connectivity index (χ3n) is 2.98. The smallest absolute Gasteiger partial charge is 0.242 e. The average molecular weight is 329 g/mol. The number of hydrogen-bond donors (Lipinski definition) is 1. The van der Waals surface area contributed by atoms with Gasteiger partial charge in [-0.05, 0) is 30.5 Å². The number of halogens is 1. The Morgan fingerprint density at radius 1 is 1.48 bits per heavy atom. The molecule has 8 heteroatoms. The fourth-order valence-corrected chi connectivity index (χ4v) is 3.10. The fourth-order valence-electron chi connectivity index (χ4n) is 1.81. The summed E-state index contributed by atoms with van der Waals surface area (Å²) in [6, 6.07) is 3.34. The summed E-state index contributed by atoms with van der Waals surface area (Å²) in [6.07, 6.45) is 4.80. The van der Waals surface area contributed by atoms with Crippen molar-refractivity contribution in [2.45, 2.75) is 25.3 Å². The van der Waals surface area contributed by atoms with Crippen LogP contribution in [0.25, 0.3) is 0 Å². The fraction of sp³-hybridized carbons (Fsp3) is 0.385. The van der Waals surface area contributed by atoms with Gasteiger partial charge in [0.05, 0.1) is 0 Å². The monoisotopic (exact) mass is 328 g/mol. The molecular formula is C13H17ClN4O2S. The Morgan fingerprint density at radius 3 is 2.86 bits per heavy atom. The first-order valence-electron chi connectivity index (χ1n) is 6.48. The summed E-state index contributed by atoms with van der Waals surface area (Å²) in [5.74, 6) is 0.112. The Kier molecular flexibility index (Phi) is 4.97. The Labute approximate surface area is 129 Å². The topological polar surface area (TPSA) is 76.9 Å². The van der Waals surface area contributed by atoms with E-state index in [0.717, 1.165) is 0 Å². The second-order valence-electron chi connectivity index (χ2n) is 4.96. The van der Waals surface area contributed by atoms with Crippen LogP contribution in [0, 0.1) is 12.8 Å². The van der Waals surface area contributed by atoms with E-state index in [1.165, 1.54) is 12.3 Å². The summed E-state index contributed by atoms with van der Waals surface area (Å²) < 4.78 is 28.7. The minimum Gasteiger partial charge on any atom is -0.272 e. The van der Waals surface area contributed by atoms with Gasteiger partial charge in [0.25, 0.3) is 0 Å². The Bertz CT molecular complexity index is 701. The van der Waals surface area contributed by atoms with E-state index in [0.29, 0.717) is 23.8 Å².